The molecule has 5 heteroatoms. The predicted molar refractivity (Wildman–Crippen MR) is 85.9 cm³/mol. The van der Waals surface area contributed by atoms with Gasteiger partial charge < -0.3 is 10.5 Å². The molecule has 1 atom stereocenters. The van der Waals surface area contributed by atoms with E-state index in [0.717, 1.165) is 5.56 Å². The number of hydrogen-bond acceptors (Lipinski definition) is 2. The molecule has 0 unspecified atom stereocenters. The van der Waals surface area contributed by atoms with E-state index in [0.29, 0.717) is 21.4 Å². The van der Waals surface area contributed by atoms with Crippen molar-refractivity contribution < 1.29 is 9.13 Å². The fourth-order valence-corrected chi connectivity index (χ4v) is 3.38. The molecule has 2 nitrogen and oxygen atoms in total. The van der Waals surface area contributed by atoms with Crippen molar-refractivity contribution in [3.8, 4) is 5.75 Å². The summed E-state index contributed by atoms with van der Waals surface area (Å²) in [4.78, 5) is 0. The largest absolute Gasteiger partial charge is 0.476 e. The quantitative estimate of drug-likeness (QED) is 0.792. The maximum absolute atomic E-state index is 13.8. The predicted octanol–water partition coefficient (Wildman–Crippen LogP) is 4.50. The Morgan fingerprint density at radius 1 is 1.33 bits per heavy atom. The molecular weight excluding hydrogens is 357 g/mol. The number of nitrogens with two attached hydrogens (primary N) is 1. The highest BCUT2D eigenvalue weighted by Crippen LogP contribution is 2.53. The highest BCUT2D eigenvalue weighted by Gasteiger charge is 2.45. The summed E-state index contributed by atoms with van der Waals surface area (Å²) in [7, 11) is 0. The van der Waals surface area contributed by atoms with Gasteiger partial charge in [0.2, 0.25) is 0 Å². The molecule has 1 heterocycles. The van der Waals surface area contributed by atoms with Gasteiger partial charge in [0.15, 0.2) is 5.60 Å². The van der Waals surface area contributed by atoms with Gasteiger partial charge in [0.25, 0.3) is 0 Å². The first-order chi connectivity index (χ1) is 10.0. The van der Waals surface area contributed by atoms with E-state index >= 15 is 0 Å². The molecule has 0 bridgehead atoms. The molecule has 21 heavy (non-hydrogen) atoms. The zero-order chi connectivity index (χ0) is 15.2. The average molecular weight is 369 g/mol. The Balaban J connectivity index is 2.22. The average Bonchev–Trinajstić information content (AvgIpc) is 2.79. The number of ether oxygens (including phenoxy) is 1. The molecule has 0 saturated heterocycles. The second-order valence-electron chi connectivity index (χ2n) is 4.84. The fourth-order valence-electron chi connectivity index (χ4n) is 2.61. The van der Waals surface area contributed by atoms with Crippen LogP contribution < -0.4 is 10.5 Å². The van der Waals surface area contributed by atoms with Crippen molar-refractivity contribution in [2.24, 2.45) is 5.73 Å². The normalized spacial score (nSPS) is 20.3. The molecular formula is C16H12BrClFNO. The van der Waals surface area contributed by atoms with Crippen molar-refractivity contribution in [1.82, 2.24) is 0 Å². The smallest absolute Gasteiger partial charge is 0.171 e. The number of halogens is 3. The summed E-state index contributed by atoms with van der Waals surface area (Å²) >= 11 is 9.28. The number of benzene rings is 2. The highest BCUT2D eigenvalue weighted by atomic mass is 79.9. The lowest BCUT2D eigenvalue weighted by Gasteiger charge is -2.29. The van der Waals surface area contributed by atoms with Crippen LogP contribution in [0.2, 0.25) is 5.02 Å². The Morgan fingerprint density at radius 3 is 2.62 bits per heavy atom. The first kappa shape index (κ1) is 14.6. The van der Waals surface area contributed by atoms with Crippen LogP contribution in [0.4, 0.5) is 4.39 Å². The minimum atomic E-state index is -0.900. The molecule has 0 aliphatic carbocycles. The van der Waals surface area contributed by atoms with E-state index in [4.69, 9.17) is 22.1 Å². The van der Waals surface area contributed by atoms with Gasteiger partial charge in [0.1, 0.15) is 11.6 Å². The minimum absolute atomic E-state index is 0.0133. The third-order valence-electron chi connectivity index (χ3n) is 3.73. The Morgan fingerprint density at radius 2 is 2.00 bits per heavy atom. The molecule has 1 aliphatic heterocycles. The summed E-state index contributed by atoms with van der Waals surface area (Å²) in [5, 5.41) is 0.0133. The summed E-state index contributed by atoms with van der Waals surface area (Å²) in [6.45, 7) is 4.30. The summed E-state index contributed by atoms with van der Waals surface area (Å²) in [6, 6.07) is 10.8. The molecule has 2 aromatic rings. The summed E-state index contributed by atoms with van der Waals surface area (Å²) in [5.74, 6) is -0.154. The van der Waals surface area contributed by atoms with Crippen molar-refractivity contribution in [2.45, 2.75) is 5.60 Å². The lowest BCUT2D eigenvalue weighted by Crippen LogP contribution is -2.38. The molecule has 3 rings (SSSR count). The Kier molecular flexibility index (Phi) is 3.56. The van der Waals surface area contributed by atoms with E-state index in [1.807, 2.05) is 30.3 Å². The van der Waals surface area contributed by atoms with Crippen LogP contribution in [0, 0.1) is 5.82 Å². The SMILES string of the molecule is C=C1c2c(cc(F)c(Cl)c2Br)O[C@]1(CN)c1ccccc1. The molecule has 1 aliphatic rings. The van der Waals surface area contributed by atoms with E-state index in [-0.39, 0.29) is 11.6 Å². The van der Waals surface area contributed by atoms with Crippen molar-refractivity contribution >= 4 is 33.1 Å². The van der Waals surface area contributed by atoms with Crippen LogP contribution in [0.1, 0.15) is 11.1 Å². The fraction of sp³-hybridized carbons (Fsp3) is 0.125. The van der Waals surface area contributed by atoms with Gasteiger partial charge in [0, 0.05) is 29.3 Å². The lowest BCUT2D eigenvalue weighted by molar-refractivity contribution is 0.156. The van der Waals surface area contributed by atoms with E-state index < -0.39 is 11.4 Å². The van der Waals surface area contributed by atoms with Crippen molar-refractivity contribution in [3.05, 3.63) is 69.4 Å². The van der Waals surface area contributed by atoms with Crippen molar-refractivity contribution in [3.63, 3.8) is 0 Å². The van der Waals surface area contributed by atoms with Gasteiger partial charge in [-0.3, -0.25) is 0 Å². The third kappa shape index (κ3) is 2.01. The molecule has 0 spiro atoms. The molecule has 2 N–H and O–H groups in total. The van der Waals surface area contributed by atoms with Crippen LogP contribution in [0.3, 0.4) is 0 Å². The minimum Gasteiger partial charge on any atom is -0.476 e. The summed E-state index contributed by atoms with van der Waals surface area (Å²) in [5.41, 5.74) is 7.27. The van der Waals surface area contributed by atoms with E-state index in [9.17, 15) is 4.39 Å². The highest BCUT2D eigenvalue weighted by molar-refractivity contribution is 9.10. The van der Waals surface area contributed by atoms with Gasteiger partial charge in [-0.1, -0.05) is 48.5 Å². The Labute approximate surface area is 135 Å². The molecule has 0 radical (unpaired) electrons. The third-order valence-corrected chi connectivity index (χ3v) is 5.12. The van der Waals surface area contributed by atoms with Crippen LogP contribution in [0.15, 0.2) is 47.4 Å². The first-order valence-corrected chi connectivity index (χ1v) is 7.50. The standard InChI is InChI=1S/C16H12BrClFNO/c1-9-13-12(7-11(19)15(18)14(13)17)21-16(9,8-20)10-5-3-2-4-6-10/h2-7H,1,8,20H2/t16-/m0/s1. The maximum Gasteiger partial charge on any atom is 0.171 e. The van der Waals surface area contributed by atoms with E-state index in [1.165, 1.54) is 6.07 Å². The summed E-state index contributed by atoms with van der Waals surface area (Å²) in [6.07, 6.45) is 0. The molecule has 0 aromatic heterocycles. The molecule has 2 aromatic carbocycles. The van der Waals surface area contributed by atoms with Gasteiger partial charge in [-0.25, -0.2) is 4.39 Å². The maximum atomic E-state index is 13.8. The number of rotatable bonds is 2. The van der Waals surface area contributed by atoms with Crippen LogP contribution >= 0.6 is 27.5 Å². The van der Waals surface area contributed by atoms with Crippen molar-refractivity contribution in [1.29, 1.82) is 0 Å². The molecule has 0 saturated carbocycles. The van der Waals surface area contributed by atoms with E-state index in [2.05, 4.69) is 22.5 Å². The summed E-state index contributed by atoms with van der Waals surface area (Å²) < 4.78 is 20.3. The number of fused-ring (bicyclic) bond motifs is 1. The van der Waals surface area contributed by atoms with Gasteiger partial charge >= 0.3 is 0 Å². The van der Waals surface area contributed by atoms with E-state index in [1.54, 1.807) is 0 Å². The topological polar surface area (TPSA) is 35.2 Å². The van der Waals surface area contributed by atoms with Crippen molar-refractivity contribution in [2.75, 3.05) is 6.54 Å². The monoisotopic (exact) mass is 367 g/mol. The van der Waals surface area contributed by atoms with Crippen LogP contribution in [-0.4, -0.2) is 6.54 Å². The number of hydrogen-bond donors (Lipinski definition) is 1. The zero-order valence-corrected chi connectivity index (χ0v) is 13.3. The van der Waals surface area contributed by atoms with Crippen LogP contribution in [-0.2, 0) is 5.60 Å². The first-order valence-electron chi connectivity index (χ1n) is 6.33. The zero-order valence-electron chi connectivity index (χ0n) is 11.0. The molecule has 0 fully saturated rings. The Bertz CT molecular complexity index is 735. The van der Waals surface area contributed by atoms with Gasteiger partial charge in [-0.2, -0.15) is 0 Å². The Hall–Kier alpha value is -1.36. The second-order valence-corrected chi connectivity index (χ2v) is 6.01. The molecule has 0 amide bonds. The van der Waals surface area contributed by atoms with Gasteiger partial charge in [-0.05, 0) is 15.9 Å². The van der Waals surface area contributed by atoms with Gasteiger partial charge in [0.05, 0.1) is 9.50 Å². The van der Waals surface area contributed by atoms with Gasteiger partial charge in [-0.15, -0.1) is 0 Å². The van der Waals surface area contributed by atoms with Crippen LogP contribution in [0.5, 0.6) is 5.75 Å². The lowest BCUT2D eigenvalue weighted by atomic mass is 9.85. The second kappa shape index (κ2) is 5.13. The van der Waals surface area contributed by atoms with Crippen LogP contribution in [0.25, 0.3) is 5.57 Å². The molecule has 108 valence electrons.